The second kappa shape index (κ2) is 5.39. The summed E-state index contributed by atoms with van der Waals surface area (Å²) in [4.78, 5) is 15.8. The largest absolute Gasteiger partial charge is 0.409 e. The SMILES string of the molecule is Cn1cnc(C(=O)Nc2cccc(F)c2/C(N)=N/O)c1. The number of anilines is 1. The first kappa shape index (κ1) is 13.5. The maximum atomic E-state index is 13.7. The van der Waals surface area contributed by atoms with Crippen molar-refractivity contribution >= 4 is 17.4 Å². The van der Waals surface area contributed by atoms with Gasteiger partial charge in [-0.2, -0.15) is 0 Å². The van der Waals surface area contributed by atoms with Crippen LogP contribution in [0.25, 0.3) is 0 Å². The summed E-state index contributed by atoms with van der Waals surface area (Å²) in [5, 5.41) is 13.9. The van der Waals surface area contributed by atoms with E-state index in [9.17, 15) is 9.18 Å². The topological polar surface area (TPSA) is 106 Å². The first-order valence-corrected chi connectivity index (χ1v) is 5.58. The molecule has 0 saturated heterocycles. The van der Waals surface area contributed by atoms with Gasteiger partial charge in [-0.3, -0.25) is 4.79 Å². The van der Waals surface area contributed by atoms with Crippen molar-refractivity contribution in [3.05, 3.63) is 47.8 Å². The Morgan fingerprint density at radius 1 is 1.55 bits per heavy atom. The van der Waals surface area contributed by atoms with Gasteiger partial charge in [0.25, 0.3) is 5.91 Å². The van der Waals surface area contributed by atoms with E-state index >= 15 is 0 Å². The highest BCUT2D eigenvalue weighted by atomic mass is 19.1. The molecule has 1 heterocycles. The van der Waals surface area contributed by atoms with E-state index in [4.69, 9.17) is 10.9 Å². The van der Waals surface area contributed by atoms with Crippen LogP contribution >= 0.6 is 0 Å². The molecule has 8 heteroatoms. The van der Waals surface area contributed by atoms with Crippen LogP contribution in [0, 0.1) is 5.82 Å². The van der Waals surface area contributed by atoms with Gasteiger partial charge in [-0.1, -0.05) is 11.2 Å². The van der Waals surface area contributed by atoms with Gasteiger partial charge in [0.05, 0.1) is 17.6 Å². The normalized spacial score (nSPS) is 11.4. The Bertz CT molecular complexity index is 680. The molecule has 4 N–H and O–H groups in total. The van der Waals surface area contributed by atoms with Gasteiger partial charge in [-0.05, 0) is 12.1 Å². The Kier molecular flexibility index (Phi) is 3.65. The quantitative estimate of drug-likeness (QED) is 0.335. The van der Waals surface area contributed by atoms with Crippen molar-refractivity contribution in [2.45, 2.75) is 0 Å². The van der Waals surface area contributed by atoms with Crippen molar-refractivity contribution in [2.75, 3.05) is 5.32 Å². The van der Waals surface area contributed by atoms with Gasteiger partial charge < -0.3 is 20.8 Å². The summed E-state index contributed by atoms with van der Waals surface area (Å²) in [7, 11) is 1.72. The number of oxime groups is 1. The van der Waals surface area contributed by atoms with Crippen molar-refractivity contribution in [1.29, 1.82) is 0 Å². The number of carbonyl (C=O) groups is 1. The molecule has 0 bridgehead atoms. The molecule has 2 aromatic rings. The molecule has 0 aliphatic carbocycles. The number of halogens is 1. The number of amides is 1. The summed E-state index contributed by atoms with van der Waals surface area (Å²) in [6.45, 7) is 0. The Balaban J connectivity index is 2.34. The van der Waals surface area contributed by atoms with Crippen molar-refractivity contribution in [1.82, 2.24) is 9.55 Å². The zero-order valence-electron chi connectivity index (χ0n) is 10.5. The molecule has 0 aliphatic rings. The molecule has 20 heavy (non-hydrogen) atoms. The maximum absolute atomic E-state index is 13.7. The lowest BCUT2D eigenvalue weighted by atomic mass is 10.1. The maximum Gasteiger partial charge on any atom is 0.275 e. The van der Waals surface area contributed by atoms with Crippen LogP contribution in [0.4, 0.5) is 10.1 Å². The fourth-order valence-corrected chi connectivity index (χ4v) is 1.66. The third-order valence-electron chi connectivity index (χ3n) is 2.56. The second-order valence-electron chi connectivity index (χ2n) is 4.03. The minimum absolute atomic E-state index is 0.0935. The molecule has 1 aromatic carbocycles. The molecule has 0 fully saturated rings. The van der Waals surface area contributed by atoms with E-state index in [1.54, 1.807) is 11.6 Å². The fourth-order valence-electron chi connectivity index (χ4n) is 1.66. The highest BCUT2D eigenvalue weighted by Gasteiger charge is 2.16. The molecule has 1 amide bonds. The van der Waals surface area contributed by atoms with Gasteiger partial charge in [-0.15, -0.1) is 0 Å². The van der Waals surface area contributed by atoms with Crippen LogP contribution in [-0.4, -0.2) is 26.5 Å². The van der Waals surface area contributed by atoms with Crippen LogP contribution in [0.1, 0.15) is 16.1 Å². The van der Waals surface area contributed by atoms with Crippen LogP contribution in [0.5, 0.6) is 0 Å². The number of hydrogen-bond donors (Lipinski definition) is 3. The van der Waals surface area contributed by atoms with Crippen LogP contribution in [0.15, 0.2) is 35.9 Å². The van der Waals surface area contributed by atoms with E-state index in [-0.39, 0.29) is 16.9 Å². The van der Waals surface area contributed by atoms with E-state index < -0.39 is 17.6 Å². The molecule has 104 valence electrons. The van der Waals surface area contributed by atoms with E-state index in [2.05, 4.69) is 15.5 Å². The molecular weight excluding hydrogens is 265 g/mol. The minimum atomic E-state index is -0.709. The Labute approximate surface area is 113 Å². The van der Waals surface area contributed by atoms with Crippen LogP contribution in [0.2, 0.25) is 0 Å². The van der Waals surface area contributed by atoms with Crippen molar-refractivity contribution in [3.8, 4) is 0 Å². The lowest BCUT2D eigenvalue weighted by Gasteiger charge is -2.09. The summed E-state index contributed by atoms with van der Waals surface area (Å²) in [5.41, 5.74) is 5.48. The highest BCUT2D eigenvalue weighted by molar-refractivity contribution is 6.09. The molecular formula is C12H12FN5O2. The Morgan fingerprint density at radius 3 is 2.90 bits per heavy atom. The highest BCUT2D eigenvalue weighted by Crippen LogP contribution is 2.19. The predicted octanol–water partition coefficient (Wildman–Crippen LogP) is 0.906. The number of nitrogens with one attached hydrogen (secondary N) is 1. The molecule has 0 unspecified atom stereocenters. The summed E-state index contributed by atoms with van der Waals surface area (Å²) < 4.78 is 15.3. The van der Waals surface area contributed by atoms with Gasteiger partial charge in [0.2, 0.25) is 0 Å². The molecule has 1 aromatic heterocycles. The van der Waals surface area contributed by atoms with E-state index in [0.717, 1.165) is 6.07 Å². The van der Waals surface area contributed by atoms with Crippen LogP contribution < -0.4 is 11.1 Å². The average Bonchev–Trinajstić information content (AvgIpc) is 2.85. The van der Waals surface area contributed by atoms with Gasteiger partial charge in [0.15, 0.2) is 5.84 Å². The number of benzene rings is 1. The monoisotopic (exact) mass is 277 g/mol. The summed E-state index contributed by atoms with van der Waals surface area (Å²) in [6.07, 6.45) is 2.97. The Morgan fingerprint density at radius 2 is 2.30 bits per heavy atom. The van der Waals surface area contributed by atoms with E-state index in [1.165, 1.54) is 24.7 Å². The molecule has 0 aliphatic heterocycles. The average molecular weight is 277 g/mol. The molecule has 0 atom stereocenters. The lowest BCUT2D eigenvalue weighted by molar-refractivity contribution is 0.102. The minimum Gasteiger partial charge on any atom is -0.409 e. The van der Waals surface area contributed by atoms with E-state index in [1.807, 2.05) is 0 Å². The number of nitrogens with two attached hydrogens (primary N) is 1. The summed E-state index contributed by atoms with van der Waals surface area (Å²) in [5.74, 6) is -1.67. The zero-order chi connectivity index (χ0) is 14.7. The first-order valence-electron chi connectivity index (χ1n) is 5.58. The Hall–Kier alpha value is -2.90. The van der Waals surface area contributed by atoms with Gasteiger partial charge in [-0.25, -0.2) is 9.37 Å². The third kappa shape index (κ3) is 2.58. The van der Waals surface area contributed by atoms with Gasteiger partial charge in [0.1, 0.15) is 11.5 Å². The number of imidazole rings is 1. The van der Waals surface area contributed by atoms with Gasteiger partial charge in [0, 0.05) is 13.2 Å². The number of carbonyl (C=O) groups excluding carboxylic acids is 1. The second-order valence-corrected chi connectivity index (χ2v) is 4.03. The first-order chi connectivity index (χ1) is 9.52. The molecule has 2 rings (SSSR count). The smallest absolute Gasteiger partial charge is 0.275 e. The number of hydrogen-bond acceptors (Lipinski definition) is 4. The number of amidine groups is 1. The molecule has 0 saturated carbocycles. The zero-order valence-corrected chi connectivity index (χ0v) is 10.5. The predicted molar refractivity (Wildman–Crippen MR) is 70.1 cm³/mol. The summed E-state index contributed by atoms with van der Waals surface area (Å²) >= 11 is 0. The van der Waals surface area contributed by atoms with Crippen molar-refractivity contribution in [3.63, 3.8) is 0 Å². The fraction of sp³-hybridized carbons (Fsp3) is 0.0833. The molecule has 7 nitrogen and oxygen atoms in total. The molecule has 0 radical (unpaired) electrons. The number of nitrogens with zero attached hydrogens (tertiary/aromatic N) is 3. The van der Waals surface area contributed by atoms with E-state index in [0.29, 0.717) is 0 Å². The van der Waals surface area contributed by atoms with Crippen LogP contribution in [-0.2, 0) is 7.05 Å². The molecule has 0 spiro atoms. The van der Waals surface area contributed by atoms with Gasteiger partial charge >= 0.3 is 0 Å². The van der Waals surface area contributed by atoms with Crippen LogP contribution in [0.3, 0.4) is 0 Å². The van der Waals surface area contributed by atoms with Crippen molar-refractivity contribution in [2.24, 2.45) is 17.9 Å². The summed E-state index contributed by atoms with van der Waals surface area (Å²) in [6, 6.07) is 3.98. The number of aryl methyl sites for hydroxylation is 1. The lowest BCUT2D eigenvalue weighted by Crippen LogP contribution is -2.20. The third-order valence-corrected chi connectivity index (χ3v) is 2.56. The standard InChI is InChI=1S/C12H12FN5O2/c1-18-5-9(15-6-18)12(19)16-8-4-2-3-7(13)10(8)11(14)17-20/h2-6,20H,1H3,(H2,14,17)(H,16,19). The number of aromatic nitrogens is 2. The number of rotatable bonds is 3. The van der Waals surface area contributed by atoms with Crippen molar-refractivity contribution < 1.29 is 14.4 Å².